The van der Waals surface area contributed by atoms with Gasteiger partial charge in [0.2, 0.25) is 5.91 Å². The SMILES string of the molecule is CCC1CCCC(Nc2ccc(C(N)=O)cc2)C1. The Hall–Kier alpha value is -1.51. The summed E-state index contributed by atoms with van der Waals surface area (Å²) in [4.78, 5) is 11.0. The predicted molar refractivity (Wildman–Crippen MR) is 74.6 cm³/mol. The second kappa shape index (κ2) is 5.89. The molecule has 1 aromatic rings. The Kier molecular flexibility index (Phi) is 4.24. The van der Waals surface area contributed by atoms with E-state index in [-0.39, 0.29) is 5.91 Å². The third kappa shape index (κ3) is 3.25. The van der Waals surface area contributed by atoms with Crippen LogP contribution in [0.3, 0.4) is 0 Å². The van der Waals surface area contributed by atoms with Gasteiger partial charge in [0.25, 0.3) is 0 Å². The van der Waals surface area contributed by atoms with Gasteiger partial charge in [0.15, 0.2) is 0 Å². The van der Waals surface area contributed by atoms with Crippen LogP contribution in [-0.4, -0.2) is 11.9 Å². The number of hydrogen-bond donors (Lipinski definition) is 2. The number of nitrogens with two attached hydrogens (primary N) is 1. The van der Waals surface area contributed by atoms with Crippen molar-refractivity contribution >= 4 is 11.6 Å². The number of carbonyl (C=O) groups excluding carboxylic acids is 1. The molecule has 0 heterocycles. The average molecular weight is 246 g/mol. The fourth-order valence-corrected chi connectivity index (χ4v) is 2.76. The molecule has 0 spiro atoms. The molecule has 1 amide bonds. The zero-order valence-corrected chi connectivity index (χ0v) is 11.0. The van der Waals surface area contributed by atoms with Gasteiger partial charge >= 0.3 is 0 Å². The monoisotopic (exact) mass is 246 g/mol. The van der Waals surface area contributed by atoms with Crippen molar-refractivity contribution in [2.45, 2.75) is 45.1 Å². The Labute approximate surface area is 109 Å². The van der Waals surface area contributed by atoms with Gasteiger partial charge in [-0.25, -0.2) is 0 Å². The Balaban J connectivity index is 1.94. The molecule has 2 atom stereocenters. The van der Waals surface area contributed by atoms with Crippen molar-refractivity contribution in [1.82, 2.24) is 0 Å². The minimum Gasteiger partial charge on any atom is -0.382 e. The van der Waals surface area contributed by atoms with E-state index >= 15 is 0 Å². The highest BCUT2D eigenvalue weighted by Crippen LogP contribution is 2.28. The summed E-state index contributed by atoms with van der Waals surface area (Å²) in [5, 5.41) is 3.56. The number of rotatable bonds is 4. The summed E-state index contributed by atoms with van der Waals surface area (Å²) in [5.41, 5.74) is 6.88. The Morgan fingerprint density at radius 2 is 2.06 bits per heavy atom. The highest BCUT2D eigenvalue weighted by molar-refractivity contribution is 5.93. The summed E-state index contributed by atoms with van der Waals surface area (Å²) in [7, 11) is 0. The second-order valence-corrected chi connectivity index (χ2v) is 5.22. The van der Waals surface area contributed by atoms with Crippen LogP contribution >= 0.6 is 0 Å². The molecule has 18 heavy (non-hydrogen) atoms. The van der Waals surface area contributed by atoms with Crippen molar-refractivity contribution in [2.75, 3.05) is 5.32 Å². The molecule has 0 aliphatic heterocycles. The number of nitrogens with one attached hydrogen (secondary N) is 1. The molecule has 0 radical (unpaired) electrons. The summed E-state index contributed by atoms with van der Waals surface area (Å²) in [6, 6.07) is 8.02. The van der Waals surface area contributed by atoms with Crippen LogP contribution in [0.2, 0.25) is 0 Å². The highest BCUT2D eigenvalue weighted by Gasteiger charge is 2.20. The van der Waals surface area contributed by atoms with Gasteiger partial charge < -0.3 is 11.1 Å². The lowest BCUT2D eigenvalue weighted by atomic mass is 9.84. The fraction of sp³-hybridized carbons (Fsp3) is 0.533. The Morgan fingerprint density at radius 3 is 2.67 bits per heavy atom. The number of amides is 1. The third-order valence-electron chi connectivity index (χ3n) is 3.90. The molecule has 2 unspecified atom stereocenters. The average Bonchev–Trinajstić information content (AvgIpc) is 2.39. The van der Waals surface area contributed by atoms with Gasteiger partial charge in [0.1, 0.15) is 0 Å². The normalized spacial score (nSPS) is 23.6. The van der Waals surface area contributed by atoms with Crippen molar-refractivity contribution in [3.05, 3.63) is 29.8 Å². The maximum atomic E-state index is 11.0. The van der Waals surface area contributed by atoms with Crippen molar-refractivity contribution in [2.24, 2.45) is 11.7 Å². The molecule has 0 aromatic heterocycles. The van der Waals surface area contributed by atoms with Gasteiger partial charge in [0.05, 0.1) is 0 Å². The molecule has 1 aliphatic carbocycles. The maximum absolute atomic E-state index is 11.0. The van der Waals surface area contributed by atoms with Crippen LogP contribution in [-0.2, 0) is 0 Å². The first-order valence-electron chi connectivity index (χ1n) is 6.85. The lowest BCUT2D eigenvalue weighted by Crippen LogP contribution is -2.27. The summed E-state index contributed by atoms with van der Waals surface area (Å²) in [6.45, 7) is 2.27. The van der Waals surface area contributed by atoms with E-state index in [2.05, 4.69) is 12.2 Å². The summed E-state index contributed by atoms with van der Waals surface area (Å²) >= 11 is 0. The van der Waals surface area contributed by atoms with Crippen LogP contribution in [0.1, 0.15) is 49.4 Å². The topological polar surface area (TPSA) is 55.1 Å². The summed E-state index contributed by atoms with van der Waals surface area (Å²) < 4.78 is 0. The van der Waals surface area contributed by atoms with E-state index in [4.69, 9.17) is 5.73 Å². The van der Waals surface area contributed by atoms with Crippen LogP contribution in [0.5, 0.6) is 0 Å². The van der Waals surface area contributed by atoms with Crippen molar-refractivity contribution in [3.63, 3.8) is 0 Å². The molecule has 3 N–H and O–H groups in total. The molecular formula is C15H22N2O. The molecule has 1 fully saturated rings. The molecule has 1 saturated carbocycles. The number of anilines is 1. The molecule has 0 saturated heterocycles. The van der Waals surface area contributed by atoms with Gasteiger partial charge in [-0.3, -0.25) is 4.79 Å². The lowest BCUT2D eigenvalue weighted by Gasteiger charge is -2.29. The van der Waals surface area contributed by atoms with E-state index in [9.17, 15) is 4.79 Å². The molecule has 3 heteroatoms. The van der Waals surface area contributed by atoms with E-state index < -0.39 is 0 Å². The molecule has 3 nitrogen and oxygen atoms in total. The van der Waals surface area contributed by atoms with Gasteiger partial charge in [-0.1, -0.05) is 26.2 Å². The zero-order valence-electron chi connectivity index (χ0n) is 11.0. The van der Waals surface area contributed by atoms with Crippen LogP contribution in [0, 0.1) is 5.92 Å². The summed E-state index contributed by atoms with van der Waals surface area (Å²) in [6.07, 6.45) is 6.46. The molecule has 1 aromatic carbocycles. The number of hydrogen-bond acceptors (Lipinski definition) is 2. The van der Waals surface area contributed by atoms with E-state index in [0.717, 1.165) is 11.6 Å². The van der Waals surface area contributed by atoms with Crippen LogP contribution < -0.4 is 11.1 Å². The lowest BCUT2D eigenvalue weighted by molar-refractivity contribution is 0.100. The van der Waals surface area contributed by atoms with E-state index in [1.807, 2.05) is 12.1 Å². The minimum atomic E-state index is -0.370. The quantitative estimate of drug-likeness (QED) is 0.857. The molecular weight excluding hydrogens is 224 g/mol. The zero-order chi connectivity index (χ0) is 13.0. The smallest absolute Gasteiger partial charge is 0.248 e. The molecule has 98 valence electrons. The summed E-state index contributed by atoms with van der Waals surface area (Å²) in [5.74, 6) is 0.492. The van der Waals surface area contributed by atoms with Crippen LogP contribution in [0.25, 0.3) is 0 Å². The maximum Gasteiger partial charge on any atom is 0.248 e. The van der Waals surface area contributed by atoms with Crippen LogP contribution in [0.4, 0.5) is 5.69 Å². The molecule has 1 aliphatic rings. The fourth-order valence-electron chi connectivity index (χ4n) is 2.76. The van der Waals surface area contributed by atoms with E-state index in [1.54, 1.807) is 12.1 Å². The Bertz CT molecular complexity index is 399. The first-order valence-corrected chi connectivity index (χ1v) is 6.85. The minimum absolute atomic E-state index is 0.370. The highest BCUT2D eigenvalue weighted by atomic mass is 16.1. The standard InChI is InChI=1S/C15H22N2O/c1-2-11-4-3-5-14(10-11)17-13-8-6-12(7-9-13)15(16)18/h6-9,11,14,17H,2-5,10H2,1H3,(H2,16,18). The van der Waals surface area contributed by atoms with Crippen molar-refractivity contribution in [3.8, 4) is 0 Å². The first kappa shape index (κ1) is 12.9. The first-order chi connectivity index (χ1) is 8.69. The Morgan fingerprint density at radius 1 is 1.33 bits per heavy atom. The van der Waals surface area contributed by atoms with Gasteiger partial charge in [0, 0.05) is 17.3 Å². The van der Waals surface area contributed by atoms with Gasteiger partial charge in [-0.2, -0.15) is 0 Å². The largest absolute Gasteiger partial charge is 0.382 e. The molecule has 0 bridgehead atoms. The van der Waals surface area contributed by atoms with E-state index in [0.29, 0.717) is 11.6 Å². The predicted octanol–water partition coefficient (Wildman–Crippen LogP) is 3.17. The number of carbonyl (C=O) groups is 1. The van der Waals surface area contributed by atoms with Crippen molar-refractivity contribution in [1.29, 1.82) is 0 Å². The van der Waals surface area contributed by atoms with Gasteiger partial charge in [-0.05, 0) is 43.0 Å². The van der Waals surface area contributed by atoms with E-state index in [1.165, 1.54) is 32.1 Å². The molecule has 2 rings (SSSR count). The van der Waals surface area contributed by atoms with Crippen LogP contribution in [0.15, 0.2) is 24.3 Å². The third-order valence-corrected chi connectivity index (χ3v) is 3.90. The van der Waals surface area contributed by atoms with Crippen molar-refractivity contribution < 1.29 is 4.79 Å². The second-order valence-electron chi connectivity index (χ2n) is 5.22. The number of primary amides is 1. The van der Waals surface area contributed by atoms with Gasteiger partial charge in [-0.15, -0.1) is 0 Å². The number of benzene rings is 1.